The number of unbranched alkanes of at least 4 members (excludes halogenated alkanes) is 1. The number of benzene rings is 2. The third kappa shape index (κ3) is 5.90. The maximum absolute atomic E-state index is 12.8. The Morgan fingerprint density at radius 2 is 1.82 bits per heavy atom. The number of aryl methyl sites for hydroxylation is 1. The fourth-order valence-corrected chi connectivity index (χ4v) is 5.28. The number of ether oxygens (including phenoxy) is 1. The smallest absolute Gasteiger partial charge is 0.234 e. The van der Waals surface area contributed by atoms with Crippen LogP contribution in [-0.4, -0.2) is 34.7 Å². The first-order chi connectivity index (χ1) is 16.5. The van der Waals surface area contributed by atoms with Gasteiger partial charge < -0.3 is 10.1 Å². The summed E-state index contributed by atoms with van der Waals surface area (Å²) in [6, 6.07) is 14.1. The van der Waals surface area contributed by atoms with Gasteiger partial charge in [0.2, 0.25) is 5.91 Å². The van der Waals surface area contributed by atoms with Crippen molar-refractivity contribution in [3.8, 4) is 5.75 Å². The number of thioether (sulfide) groups is 1. The van der Waals surface area contributed by atoms with Gasteiger partial charge in [-0.25, -0.2) is 4.99 Å². The number of carbonyl (C=O) groups excluding carboxylic acids is 1. The zero-order valence-electron chi connectivity index (χ0n) is 20.5. The molecular formula is C28H35N3O2S. The molecule has 180 valence electrons. The van der Waals surface area contributed by atoms with Crippen molar-refractivity contribution >= 4 is 34.1 Å². The lowest BCUT2D eigenvalue weighted by molar-refractivity contribution is -0.113. The predicted octanol–water partition coefficient (Wildman–Crippen LogP) is 6.72. The van der Waals surface area contributed by atoms with Gasteiger partial charge in [0.15, 0.2) is 5.66 Å². The van der Waals surface area contributed by atoms with Crippen LogP contribution in [-0.2, 0) is 4.79 Å². The highest BCUT2D eigenvalue weighted by atomic mass is 32.2. The molecule has 2 aromatic rings. The number of amides is 1. The first-order valence-corrected chi connectivity index (χ1v) is 13.4. The highest BCUT2D eigenvalue weighted by Gasteiger charge is 2.37. The molecule has 1 heterocycles. The summed E-state index contributed by atoms with van der Waals surface area (Å²) in [4.78, 5) is 23.0. The Morgan fingerprint density at radius 3 is 2.56 bits per heavy atom. The Balaban J connectivity index is 1.47. The van der Waals surface area contributed by atoms with Crippen molar-refractivity contribution in [2.75, 3.05) is 17.7 Å². The minimum absolute atomic E-state index is 0.0231. The maximum Gasteiger partial charge on any atom is 0.234 e. The van der Waals surface area contributed by atoms with Gasteiger partial charge in [-0.1, -0.05) is 43.7 Å². The first-order valence-electron chi connectivity index (χ1n) is 12.4. The van der Waals surface area contributed by atoms with Crippen LogP contribution >= 0.6 is 11.8 Å². The molecule has 1 fully saturated rings. The van der Waals surface area contributed by atoms with Gasteiger partial charge >= 0.3 is 0 Å². The van der Waals surface area contributed by atoms with Gasteiger partial charge in [0.1, 0.15) is 10.8 Å². The van der Waals surface area contributed by atoms with Crippen molar-refractivity contribution in [1.82, 2.24) is 0 Å². The second-order valence-corrected chi connectivity index (χ2v) is 10.2. The summed E-state index contributed by atoms with van der Waals surface area (Å²) in [7, 11) is 0. The molecule has 0 aromatic heterocycles. The van der Waals surface area contributed by atoms with Crippen LogP contribution < -0.4 is 10.1 Å². The lowest BCUT2D eigenvalue weighted by Gasteiger charge is -2.27. The summed E-state index contributed by atoms with van der Waals surface area (Å²) >= 11 is 1.49. The number of carbonyl (C=O) groups is 1. The number of aliphatic imine (C=N–C) groups is 2. The Kier molecular flexibility index (Phi) is 8.09. The maximum atomic E-state index is 12.8. The number of hydrogen-bond acceptors (Lipinski definition) is 5. The predicted molar refractivity (Wildman–Crippen MR) is 144 cm³/mol. The van der Waals surface area contributed by atoms with Crippen molar-refractivity contribution in [2.24, 2.45) is 9.98 Å². The van der Waals surface area contributed by atoms with Gasteiger partial charge in [0, 0.05) is 11.3 Å². The Hall–Kier alpha value is -2.60. The second kappa shape index (κ2) is 11.2. The molecule has 1 N–H and O–H groups in total. The van der Waals surface area contributed by atoms with Crippen LogP contribution in [0.2, 0.25) is 0 Å². The highest BCUT2D eigenvalue weighted by molar-refractivity contribution is 8.16. The first kappa shape index (κ1) is 24.5. The molecule has 1 spiro atoms. The molecule has 0 unspecified atom stereocenters. The average Bonchev–Trinajstić information content (AvgIpc) is 3.19. The van der Waals surface area contributed by atoms with Crippen molar-refractivity contribution in [1.29, 1.82) is 0 Å². The molecule has 4 rings (SSSR count). The van der Waals surface area contributed by atoms with Gasteiger partial charge in [-0.2, -0.15) is 0 Å². The van der Waals surface area contributed by atoms with E-state index in [-0.39, 0.29) is 11.6 Å². The minimum Gasteiger partial charge on any atom is -0.494 e. The number of hydrogen-bond donors (Lipinski definition) is 1. The third-order valence-corrected chi connectivity index (χ3v) is 7.56. The topological polar surface area (TPSA) is 63.1 Å². The summed E-state index contributed by atoms with van der Waals surface area (Å²) < 4.78 is 5.83. The Morgan fingerprint density at radius 1 is 1.06 bits per heavy atom. The Labute approximate surface area is 207 Å². The standard InChI is InChI=1S/C28H35N3O2S/c1-4-5-18-33-23-14-12-22(13-15-23)26-27(31-28(30-26)16-7-6-8-17-28)34-19-25(32)29-24-11-9-10-20(2)21(24)3/h9-15H,4-8,16-19H2,1-3H3,(H,29,32). The lowest BCUT2D eigenvalue weighted by Crippen LogP contribution is -2.25. The van der Waals surface area contributed by atoms with E-state index in [1.54, 1.807) is 0 Å². The summed E-state index contributed by atoms with van der Waals surface area (Å²) in [5, 5.41) is 3.93. The van der Waals surface area contributed by atoms with E-state index in [0.717, 1.165) is 78.5 Å². The third-order valence-electron chi connectivity index (χ3n) is 6.60. The van der Waals surface area contributed by atoms with E-state index >= 15 is 0 Å². The van der Waals surface area contributed by atoms with Gasteiger partial charge in [0.05, 0.1) is 18.1 Å². The van der Waals surface area contributed by atoms with Crippen LogP contribution in [0.1, 0.15) is 68.6 Å². The zero-order valence-corrected chi connectivity index (χ0v) is 21.3. The summed E-state index contributed by atoms with van der Waals surface area (Å²) in [5.41, 5.74) is 4.73. The van der Waals surface area contributed by atoms with Crippen LogP contribution in [0.5, 0.6) is 5.75 Å². The molecule has 0 atom stereocenters. The average molecular weight is 478 g/mol. The van der Waals surface area contributed by atoms with E-state index in [0.29, 0.717) is 5.75 Å². The molecule has 0 bridgehead atoms. The fraction of sp³-hybridized carbons (Fsp3) is 0.464. The molecule has 1 amide bonds. The molecule has 34 heavy (non-hydrogen) atoms. The van der Waals surface area contributed by atoms with Crippen LogP contribution in [0, 0.1) is 13.8 Å². The fourth-order valence-electron chi connectivity index (χ4n) is 4.40. The normalized spacial score (nSPS) is 16.8. The summed E-state index contributed by atoms with van der Waals surface area (Å²) in [5.74, 6) is 1.16. The molecule has 0 radical (unpaired) electrons. The number of nitrogens with one attached hydrogen (secondary N) is 1. The van der Waals surface area contributed by atoms with Crippen LogP contribution in [0.3, 0.4) is 0 Å². The van der Waals surface area contributed by atoms with Crippen LogP contribution in [0.4, 0.5) is 5.69 Å². The minimum atomic E-state index is -0.351. The largest absolute Gasteiger partial charge is 0.494 e. The van der Waals surface area contributed by atoms with Crippen molar-refractivity contribution in [3.63, 3.8) is 0 Å². The molecule has 1 saturated carbocycles. The highest BCUT2D eigenvalue weighted by Crippen LogP contribution is 2.39. The Bertz CT molecular complexity index is 1070. The van der Waals surface area contributed by atoms with E-state index in [1.807, 2.05) is 31.2 Å². The van der Waals surface area contributed by atoms with Gasteiger partial charge in [-0.3, -0.25) is 9.79 Å². The SMILES string of the molecule is CCCCOc1ccc(C2=NC3(CCCCC3)N=C2SCC(=O)Nc2cccc(C)c2C)cc1. The summed E-state index contributed by atoms with van der Waals surface area (Å²) in [6.45, 7) is 6.98. The quantitative estimate of drug-likeness (QED) is 0.430. The van der Waals surface area contributed by atoms with Gasteiger partial charge in [-0.15, -0.1) is 0 Å². The second-order valence-electron chi connectivity index (χ2n) is 9.23. The molecule has 5 nitrogen and oxygen atoms in total. The van der Waals surface area contributed by atoms with E-state index in [2.05, 4.69) is 37.4 Å². The number of rotatable bonds is 8. The monoisotopic (exact) mass is 477 g/mol. The number of nitrogens with zero attached hydrogens (tertiary/aromatic N) is 2. The molecule has 2 aromatic carbocycles. The van der Waals surface area contributed by atoms with Crippen molar-refractivity contribution < 1.29 is 9.53 Å². The van der Waals surface area contributed by atoms with Crippen molar-refractivity contribution in [3.05, 3.63) is 59.2 Å². The van der Waals surface area contributed by atoms with Crippen LogP contribution in [0.25, 0.3) is 0 Å². The molecule has 2 aliphatic rings. The van der Waals surface area contributed by atoms with Crippen LogP contribution in [0.15, 0.2) is 52.4 Å². The van der Waals surface area contributed by atoms with E-state index in [1.165, 1.54) is 23.7 Å². The molecule has 6 heteroatoms. The van der Waals surface area contributed by atoms with E-state index in [4.69, 9.17) is 14.7 Å². The van der Waals surface area contributed by atoms with E-state index in [9.17, 15) is 4.79 Å². The van der Waals surface area contributed by atoms with Gasteiger partial charge in [0.25, 0.3) is 0 Å². The van der Waals surface area contributed by atoms with Crippen molar-refractivity contribution in [2.45, 2.75) is 71.4 Å². The molecular weight excluding hydrogens is 442 g/mol. The van der Waals surface area contributed by atoms with E-state index < -0.39 is 0 Å². The number of anilines is 1. The molecule has 1 aliphatic heterocycles. The summed E-state index contributed by atoms with van der Waals surface area (Å²) in [6.07, 6.45) is 7.66. The zero-order chi connectivity index (χ0) is 24.0. The molecule has 1 aliphatic carbocycles. The molecule has 0 saturated heterocycles. The van der Waals surface area contributed by atoms with Gasteiger partial charge in [-0.05, 0) is 87.4 Å². The lowest BCUT2D eigenvalue weighted by atomic mass is 9.90.